The summed E-state index contributed by atoms with van der Waals surface area (Å²) in [6, 6.07) is 5.11. The van der Waals surface area contributed by atoms with Gasteiger partial charge < -0.3 is 25.7 Å². The second-order valence-corrected chi connectivity index (χ2v) is 10.1. The molecule has 216 valence electrons. The van der Waals surface area contributed by atoms with Gasteiger partial charge >= 0.3 is 24.0 Å². The van der Waals surface area contributed by atoms with Crippen LogP contribution in [-0.2, 0) is 9.59 Å². The molecule has 0 atom stereocenters. The molecule has 1 aliphatic carbocycles. The Morgan fingerprint density at radius 3 is 1.95 bits per heavy atom. The number of benzene rings is 1. The standard InChI is InChI=1S/C22H33Cl2N5O2.C4H4O4/c1-25-21(30)29(22(31)26-2)17-8-6-16(7-9-17)10-11-27-12-14-28(15-13-27)19-5-3-4-18(23)20(19)24;5-3(6)1-2-4(7)8/h3-5,16-17H,6-15H2,1-2H3,(H,25,30)(H,26,31);1-2H,(H,5,6)(H,7,8)/b;2-1-. The third-order valence-corrected chi connectivity index (χ3v) is 7.72. The number of anilines is 1. The van der Waals surface area contributed by atoms with Crippen LogP contribution in [0.25, 0.3) is 0 Å². The molecular weight excluding hydrogens is 549 g/mol. The van der Waals surface area contributed by atoms with Gasteiger partial charge in [-0.25, -0.2) is 24.1 Å². The number of hydrogen-bond acceptors (Lipinski definition) is 6. The number of aliphatic carboxylic acids is 2. The van der Waals surface area contributed by atoms with Crippen LogP contribution in [0.1, 0.15) is 32.1 Å². The van der Waals surface area contributed by atoms with Gasteiger partial charge in [-0.3, -0.25) is 4.90 Å². The fourth-order valence-corrected chi connectivity index (χ4v) is 5.23. The molecule has 1 aromatic carbocycles. The minimum atomic E-state index is -1.26. The molecule has 4 N–H and O–H groups in total. The van der Waals surface area contributed by atoms with Gasteiger partial charge in [-0.1, -0.05) is 29.3 Å². The summed E-state index contributed by atoms with van der Waals surface area (Å²) in [7, 11) is 3.12. The monoisotopic (exact) mass is 585 g/mol. The maximum Gasteiger partial charge on any atom is 0.328 e. The van der Waals surface area contributed by atoms with Gasteiger partial charge in [0.05, 0.1) is 15.7 Å². The normalized spacial score (nSPS) is 19.5. The van der Waals surface area contributed by atoms with Crippen molar-refractivity contribution in [3.8, 4) is 0 Å². The van der Waals surface area contributed by atoms with Crippen LogP contribution in [0.5, 0.6) is 0 Å². The summed E-state index contributed by atoms with van der Waals surface area (Å²) in [6.45, 7) is 5.00. The highest BCUT2D eigenvalue weighted by Gasteiger charge is 2.32. The Hall–Kier alpha value is -3.02. The van der Waals surface area contributed by atoms with E-state index in [1.54, 1.807) is 14.1 Å². The second kappa shape index (κ2) is 16.2. The fraction of sp³-hybridized carbons (Fsp3) is 0.538. The van der Waals surface area contributed by atoms with Crippen LogP contribution in [0.2, 0.25) is 10.0 Å². The smallest absolute Gasteiger partial charge is 0.328 e. The molecule has 13 heteroatoms. The van der Waals surface area contributed by atoms with Crippen molar-refractivity contribution in [1.29, 1.82) is 0 Å². The van der Waals surface area contributed by atoms with Crippen LogP contribution >= 0.6 is 23.2 Å². The molecule has 0 bridgehead atoms. The van der Waals surface area contributed by atoms with Crippen LogP contribution in [0.4, 0.5) is 15.3 Å². The molecule has 0 spiro atoms. The van der Waals surface area contributed by atoms with E-state index in [1.807, 2.05) is 18.2 Å². The molecule has 11 nitrogen and oxygen atoms in total. The Labute approximate surface area is 238 Å². The molecule has 1 saturated heterocycles. The van der Waals surface area contributed by atoms with E-state index in [2.05, 4.69) is 20.4 Å². The van der Waals surface area contributed by atoms with Gasteiger partial charge in [0, 0.05) is 58.5 Å². The highest BCUT2D eigenvalue weighted by molar-refractivity contribution is 6.43. The van der Waals surface area contributed by atoms with E-state index in [1.165, 1.54) is 4.90 Å². The van der Waals surface area contributed by atoms with E-state index < -0.39 is 11.9 Å². The molecule has 1 saturated carbocycles. The minimum Gasteiger partial charge on any atom is -0.478 e. The Morgan fingerprint density at radius 2 is 1.46 bits per heavy atom. The summed E-state index contributed by atoms with van der Waals surface area (Å²) in [4.78, 5) is 49.5. The van der Waals surface area contributed by atoms with Crippen LogP contribution in [-0.4, -0.2) is 96.9 Å². The number of halogens is 2. The molecule has 0 aromatic heterocycles. The van der Waals surface area contributed by atoms with Gasteiger partial charge in [-0.05, 0) is 56.7 Å². The van der Waals surface area contributed by atoms with Crippen LogP contribution in [0, 0.1) is 5.92 Å². The first-order chi connectivity index (χ1) is 18.6. The van der Waals surface area contributed by atoms with Crippen LogP contribution in [0.15, 0.2) is 30.4 Å². The Balaban J connectivity index is 0.000000580. The number of rotatable bonds is 7. The van der Waals surface area contributed by atoms with Crippen molar-refractivity contribution in [1.82, 2.24) is 20.4 Å². The number of amides is 4. The molecule has 2 aliphatic rings. The van der Waals surface area contributed by atoms with E-state index in [0.717, 1.165) is 70.5 Å². The first-order valence-electron chi connectivity index (χ1n) is 12.8. The zero-order valence-electron chi connectivity index (χ0n) is 22.2. The van der Waals surface area contributed by atoms with Crippen molar-refractivity contribution in [2.45, 2.75) is 38.1 Å². The number of nitrogens with zero attached hydrogens (tertiary/aromatic N) is 3. The van der Waals surface area contributed by atoms with Gasteiger partial charge in [0.25, 0.3) is 0 Å². The SMILES string of the molecule is CNC(=O)N(C(=O)NC)C1CCC(CCN2CCN(c3cccc(Cl)c3Cl)CC2)CC1.O=C(O)/C=C\C(=O)O. The summed E-state index contributed by atoms with van der Waals surface area (Å²) in [6.07, 6.45) is 6.11. The lowest BCUT2D eigenvalue weighted by molar-refractivity contribution is -0.134. The average Bonchev–Trinajstić information content (AvgIpc) is 2.93. The topological polar surface area (TPSA) is 143 Å². The van der Waals surface area contributed by atoms with Gasteiger partial charge in [0.1, 0.15) is 0 Å². The molecule has 0 radical (unpaired) electrons. The molecule has 2 fully saturated rings. The largest absolute Gasteiger partial charge is 0.478 e. The molecule has 4 amide bonds. The highest BCUT2D eigenvalue weighted by atomic mass is 35.5. The molecule has 1 heterocycles. The van der Waals surface area contributed by atoms with Crippen molar-refractivity contribution < 1.29 is 29.4 Å². The third-order valence-electron chi connectivity index (χ3n) is 6.91. The average molecular weight is 587 g/mol. The summed E-state index contributed by atoms with van der Waals surface area (Å²) in [5.74, 6) is -1.87. The molecule has 1 aliphatic heterocycles. The van der Waals surface area contributed by atoms with E-state index in [0.29, 0.717) is 28.1 Å². The Kier molecular flexibility index (Phi) is 13.3. The Morgan fingerprint density at radius 1 is 0.923 bits per heavy atom. The van der Waals surface area contributed by atoms with E-state index in [-0.39, 0.29) is 18.1 Å². The first-order valence-corrected chi connectivity index (χ1v) is 13.6. The third kappa shape index (κ3) is 10.2. The first kappa shape index (κ1) is 32.2. The lowest BCUT2D eigenvalue weighted by Crippen LogP contribution is -2.53. The summed E-state index contributed by atoms with van der Waals surface area (Å²) in [5, 5.41) is 22.0. The van der Waals surface area contributed by atoms with Gasteiger partial charge in [0.15, 0.2) is 0 Å². The van der Waals surface area contributed by atoms with Crippen molar-refractivity contribution in [3.63, 3.8) is 0 Å². The number of hydrogen-bond donors (Lipinski definition) is 4. The fourth-order valence-electron chi connectivity index (χ4n) is 4.81. The van der Waals surface area contributed by atoms with Crippen molar-refractivity contribution >= 4 is 52.9 Å². The number of carboxylic acids is 2. The van der Waals surface area contributed by atoms with E-state index in [9.17, 15) is 19.2 Å². The van der Waals surface area contributed by atoms with Gasteiger partial charge in [0.2, 0.25) is 0 Å². The number of urea groups is 2. The minimum absolute atomic E-state index is 0.0258. The summed E-state index contributed by atoms with van der Waals surface area (Å²) >= 11 is 12.5. The van der Waals surface area contributed by atoms with Crippen molar-refractivity contribution in [3.05, 3.63) is 40.4 Å². The van der Waals surface area contributed by atoms with Gasteiger partial charge in [-0.2, -0.15) is 0 Å². The van der Waals surface area contributed by atoms with Crippen LogP contribution < -0.4 is 15.5 Å². The number of carboxylic acid groups (broad SMARTS) is 2. The zero-order chi connectivity index (χ0) is 28.9. The van der Waals surface area contributed by atoms with Crippen LogP contribution in [0.3, 0.4) is 0 Å². The maximum atomic E-state index is 12.1. The number of carbonyl (C=O) groups excluding carboxylic acids is 2. The van der Waals surface area contributed by atoms with E-state index in [4.69, 9.17) is 33.4 Å². The highest BCUT2D eigenvalue weighted by Crippen LogP contribution is 2.33. The lowest BCUT2D eigenvalue weighted by atomic mass is 9.83. The zero-order valence-corrected chi connectivity index (χ0v) is 23.7. The molecule has 0 unspecified atom stereocenters. The predicted molar refractivity (Wildman–Crippen MR) is 151 cm³/mol. The maximum absolute atomic E-state index is 12.1. The lowest BCUT2D eigenvalue weighted by Gasteiger charge is -2.38. The number of piperazine rings is 1. The van der Waals surface area contributed by atoms with E-state index >= 15 is 0 Å². The van der Waals surface area contributed by atoms with Gasteiger partial charge in [-0.15, -0.1) is 0 Å². The second-order valence-electron chi connectivity index (χ2n) is 9.35. The summed E-state index contributed by atoms with van der Waals surface area (Å²) in [5.41, 5.74) is 1.02. The molecule has 39 heavy (non-hydrogen) atoms. The number of carbonyl (C=O) groups is 4. The van der Waals surface area contributed by atoms with Crippen molar-refractivity contribution in [2.75, 3.05) is 51.7 Å². The molecule has 3 rings (SSSR count). The molecular formula is C26H37Cl2N5O6. The number of nitrogens with one attached hydrogen (secondary N) is 2. The van der Waals surface area contributed by atoms with Crippen molar-refractivity contribution in [2.24, 2.45) is 5.92 Å². The molecule has 1 aromatic rings. The number of imide groups is 1. The quantitative estimate of drug-likeness (QED) is 0.354. The predicted octanol–water partition coefficient (Wildman–Crippen LogP) is 3.76. The Bertz CT molecular complexity index is 992. The summed E-state index contributed by atoms with van der Waals surface area (Å²) < 4.78 is 0.